The zero-order valence-corrected chi connectivity index (χ0v) is 10.1. The van der Waals surface area contributed by atoms with Gasteiger partial charge in [0.25, 0.3) is 0 Å². The van der Waals surface area contributed by atoms with Crippen molar-refractivity contribution in [3.63, 3.8) is 0 Å². The van der Waals surface area contributed by atoms with E-state index in [4.69, 9.17) is 10.7 Å². The van der Waals surface area contributed by atoms with Crippen molar-refractivity contribution in [2.75, 3.05) is 5.75 Å². The summed E-state index contributed by atoms with van der Waals surface area (Å²) in [5.74, 6) is 2.96. The fraction of sp³-hybridized carbons (Fsp3) is 0.700. The Kier molecular flexibility index (Phi) is 3.47. The molecule has 14 heavy (non-hydrogen) atoms. The average molecular weight is 228 g/mol. The molecule has 2 N–H and O–H groups in total. The van der Waals surface area contributed by atoms with Crippen LogP contribution >= 0.6 is 23.1 Å². The van der Waals surface area contributed by atoms with Gasteiger partial charge in [-0.1, -0.05) is 6.92 Å². The van der Waals surface area contributed by atoms with Gasteiger partial charge in [-0.05, 0) is 18.6 Å². The number of nitrogens with two attached hydrogens (primary N) is 1. The lowest BCUT2D eigenvalue weighted by molar-refractivity contribution is 0.968. The van der Waals surface area contributed by atoms with E-state index in [9.17, 15) is 0 Å². The Hall–Kier alpha value is -0.0600. The van der Waals surface area contributed by atoms with Crippen LogP contribution in [-0.4, -0.2) is 10.7 Å². The van der Waals surface area contributed by atoms with Gasteiger partial charge in [0.15, 0.2) is 0 Å². The van der Waals surface area contributed by atoms with Crippen molar-refractivity contribution in [3.8, 4) is 0 Å². The molecule has 2 rings (SSSR count). The number of hydrogen-bond acceptors (Lipinski definition) is 4. The molecule has 1 aromatic heterocycles. The molecule has 1 aliphatic rings. The van der Waals surface area contributed by atoms with Gasteiger partial charge in [-0.15, -0.1) is 11.3 Å². The molecule has 0 spiro atoms. The Labute approximate surface area is 93.3 Å². The number of rotatable bonds is 5. The van der Waals surface area contributed by atoms with Crippen LogP contribution in [0.1, 0.15) is 41.3 Å². The Morgan fingerprint density at radius 3 is 2.93 bits per heavy atom. The number of nitrogens with zero attached hydrogens (tertiary/aromatic N) is 1. The maximum absolute atomic E-state index is 5.72. The van der Waals surface area contributed by atoms with E-state index < -0.39 is 0 Å². The number of hydrogen-bond donors (Lipinski definition) is 1. The molecule has 0 saturated heterocycles. The Balaban J connectivity index is 2.09. The molecule has 0 aliphatic heterocycles. The minimum Gasteiger partial charge on any atom is -0.326 e. The molecule has 1 fully saturated rings. The van der Waals surface area contributed by atoms with Gasteiger partial charge in [-0.2, -0.15) is 11.8 Å². The van der Waals surface area contributed by atoms with Crippen molar-refractivity contribution in [2.45, 2.75) is 38.0 Å². The van der Waals surface area contributed by atoms with E-state index in [1.807, 2.05) is 23.1 Å². The van der Waals surface area contributed by atoms with Gasteiger partial charge in [-0.3, -0.25) is 0 Å². The van der Waals surface area contributed by atoms with Crippen molar-refractivity contribution in [1.29, 1.82) is 0 Å². The minimum absolute atomic E-state index is 0.667. The highest BCUT2D eigenvalue weighted by Crippen LogP contribution is 2.42. The third-order valence-corrected chi connectivity index (χ3v) is 4.51. The van der Waals surface area contributed by atoms with Crippen LogP contribution in [0.2, 0.25) is 0 Å². The zero-order valence-electron chi connectivity index (χ0n) is 8.45. The van der Waals surface area contributed by atoms with E-state index in [0.717, 1.165) is 17.4 Å². The first-order valence-electron chi connectivity index (χ1n) is 5.11. The molecule has 2 nitrogen and oxygen atoms in total. The van der Waals surface area contributed by atoms with Crippen molar-refractivity contribution < 1.29 is 0 Å². The van der Waals surface area contributed by atoms with Gasteiger partial charge >= 0.3 is 0 Å². The summed E-state index contributed by atoms with van der Waals surface area (Å²) in [5, 5.41) is 1.26. The zero-order chi connectivity index (χ0) is 9.97. The molecule has 78 valence electrons. The van der Waals surface area contributed by atoms with Crippen molar-refractivity contribution in [1.82, 2.24) is 4.98 Å². The summed E-state index contributed by atoms with van der Waals surface area (Å²) in [6.45, 7) is 2.85. The van der Waals surface area contributed by atoms with Crippen LogP contribution < -0.4 is 5.73 Å². The third kappa shape index (κ3) is 2.30. The van der Waals surface area contributed by atoms with Gasteiger partial charge in [0.1, 0.15) is 5.01 Å². The normalized spacial score (nSPS) is 16.1. The first-order valence-corrected chi connectivity index (χ1v) is 7.08. The lowest BCUT2D eigenvalue weighted by Crippen LogP contribution is -1.96. The lowest BCUT2D eigenvalue weighted by atomic mass is 10.2. The molecule has 1 saturated carbocycles. The summed E-state index contributed by atoms with van der Waals surface area (Å²) in [4.78, 5) is 6.02. The van der Waals surface area contributed by atoms with E-state index in [2.05, 4.69) is 6.92 Å². The van der Waals surface area contributed by atoms with E-state index >= 15 is 0 Å². The predicted molar refractivity (Wildman–Crippen MR) is 63.8 cm³/mol. The standard InChI is InChI=1S/C10H16N2S2/c1-2-13-6-9-12-10(7-3-4-7)8(5-11)14-9/h7H,2-6,11H2,1H3. The molecule has 0 unspecified atom stereocenters. The molecule has 0 amide bonds. The SMILES string of the molecule is CCSCc1nc(C2CC2)c(CN)s1. The van der Waals surface area contributed by atoms with Crippen LogP contribution in [0.15, 0.2) is 0 Å². The van der Waals surface area contributed by atoms with Crippen LogP contribution in [-0.2, 0) is 12.3 Å². The molecule has 0 aromatic carbocycles. The average Bonchev–Trinajstić information content (AvgIpc) is 2.96. The molecule has 1 aromatic rings. The highest BCUT2D eigenvalue weighted by atomic mass is 32.2. The molecule has 4 heteroatoms. The Morgan fingerprint density at radius 1 is 1.57 bits per heavy atom. The van der Waals surface area contributed by atoms with Crippen molar-refractivity contribution in [2.24, 2.45) is 5.73 Å². The smallest absolute Gasteiger partial charge is 0.103 e. The molecule has 0 bridgehead atoms. The van der Waals surface area contributed by atoms with Crippen LogP contribution in [0.4, 0.5) is 0 Å². The van der Waals surface area contributed by atoms with Gasteiger partial charge in [0, 0.05) is 23.1 Å². The van der Waals surface area contributed by atoms with E-state index in [0.29, 0.717) is 6.54 Å². The second-order valence-electron chi connectivity index (χ2n) is 3.53. The largest absolute Gasteiger partial charge is 0.326 e. The fourth-order valence-corrected chi connectivity index (χ4v) is 3.24. The Morgan fingerprint density at radius 2 is 2.36 bits per heavy atom. The van der Waals surface area contributed by atoms with Gasteiger partial charge < -0.3 is 5.73 Å². The first-order chi connectivity index (χ1) is 6.85. The maximum Gasteiger partial charge on any atom is 0.103 e. The van der Waals surface area contributed by atoms with Crippen molar-refractivity contribution in [3.05, 3.63) is 15.6 Å². The van der Waals surface area contributed by atoms with E-state index in [1.165, 1.54) is 28.4 Å². The quantitative estimate of drug-likeness (QED) is 0.842. The summed E-state index contributed by atoms with van der Waals surface area (Å²) in [7, 11) is 0. The summed E-state index contributed by atoms with van der Waals surface area (Å²) in [6, 6.07) is 0. The summed E-state index contributed by atoms with van der Waals surface area (Å²) in [6.07, 6.45) is 2.63. The maximum atomic E-state index is 5.72. The second kappa shape index (κ2) is 4.64. The molecule has 1 heterocycles. The number of thioether (sulfide) groups is 1. The van der Waals surface area contributed by atoms with Gasteiger partial charge in [-0.25, -0.2) is 4.98 Å². The van der Waals surface area contributed by atoms with E-state index in [1.54, 1.807) is 0 Å². The summed E-state index contributed by atoms with van der Waals surface area (Å²) in [5.41, 5.74) is 7.03. The van der Waals surface area contributed by atoms with Crippen LogP contribution in [0.3, 0.4) is 0 Å². The first kappa shape index (κ1) is 10.5. The molecule has 0 atom stereocenters. The fourth-order valence-electron chi connectivity index (χ4n) is 1.49. The van der Waals surface area contributed by atoms with Gasteiger partial charge in [0.2, 0.25) is 0 Å². The van der Waals surface area contributed by atoms with Crippen LogP contribution in [0.25, 0.3) is 0 Å². The highest BCUT2D eigenvalue weighted by molar-refractivity contribution is 7.98. The third-order valence-electron chi connectivity index (χ3n) is 2.35. The molecular formula is C10H16N2S2. The van der Waals surface area contributed by atoms with Gasteiger partial charge in [0.05, 0.1) is 5.69 Å². The monoisotopic (exact) mass is 228 g/mol. The second-order valence-corrected chi connectivity index (χ2v) is 5.97. The lowest BCUT2D eigenvalue weighted by Gasteiger charge is -1.93. The number of aromatic nitrogens is 1. The molecule has 0 radical (unpaired) electrons. The van der Waals surface area contributed by atoms with Crippen molar-refractivity contribution >= 4 is 23.1 Å². The predicted octanol–water partition coefficient (Wildman–Crippen LogP) is 2.73. The van der Waals surface area contributed by atoms with E-state index in [-0.39, 0.29) is 0 Å². The summed E-state index contributed by atoms with van der Waals surface area (Å²) >= 11 is 3.74. The Bertz CT molecular complexity index is 305. The topological polar surface area (TPSA) is 38.9 Å². The highest BCUT2D eigenvalue weighted by Gasteiger charge is 2.28. The molecule has 1 aliphatic carbocycles. The van der Waals surface area contributed by atoms with Crippen LogP contribution in [0.5, 0.6) is 0 Å². The number of thiazole rings is 1. The minimum atomic E-state index is 0.667. The summed E-state index contributed by atoms with van der Waals surface area (Å²) < 4.78 is 0. The molecular weight excluding hydrogens is 212 g/mol. The van der Waals surface area contributed by atoms with Crippen LogP contribution in [0, 0.1) is 0 Å².